The maximum Gasteiger partial charge on any atom is 0.283 e. The predicted molar refractivity (Wildman–Crippen MR) is 64.5 cm³/mol. The molecule has 0 radical (unpaired) electrons. The van der Waals surface area contributed by atoms with Gasteiger partial charge in [0.05, 0.1) is 16.8 Å². The molecule has 1 heterocycles. The monoisotopic (exact) mass is 325 g/mol. The third-order valence-electron chi connectivity index (χ3n) is 2.29. The Hall–Kier alpha value is -1.02. The van der Waals surface area contributed by atoms with Crippen LogP contribution >= 0.6 is 15.9 Å². The second-order valence-electron chi connectivity index (χ2n) is 3.59. The van der Waals surface area contributed by atoms with Crippen LogP contribution in [-0.4, -0.2) is 35.9 Å². The largest absolute Gasteiger partial charge is 0.383 e. The van der Waals surface area contributed by atoms with Crippen LogP contribution in [0.15, 0.2) is 4.47 Å². The van der Waals surface area contributed by atoms with Crippen LogP contribution in [0.25, 0.3) is 0 Å². The lowest BCUT2D eigenvalue weighted by Gasteiger charge is -2.06. The first-order valence-corrected chi connectivity index (χ1v) is 6.03. The normalized spacial score (nSPS) is 11.0. The quantitative estimate of drug-likeness (QED) is 0.809. The van der Waals surface area contributed by atoms with E-state index in [9.17, 15) is 13.6 Å². The first-order chi connectivity index (χ1) is 8.47. The summed E-state index contributed by atoms with van der Waals surface area (Å²) in [7, 11) is 1.52. The summed E-state index contributed by atoms with van der Waals surface area (Å²) in [6.45, 7) is 2.29. The summed E-state index contributed by atoms with van der Waals surface area (Å²) in [5.74, 6) is -0.300. The lowest BCUT2D eigenvalue weighted by atomic mass is 10.4. The molecule has 0 aliphatic heterocycles. The van der Waals surface area contributed by atoms with Gasteiger partial charge in [-0.15, -0.1) is 0 Å². The van der Waals surface area contributed by atoms with Crippen molar-refractivity contribution in [2.75, 3.05) is 20.3 Å². The molecular weight excluding hydrogens is 312 g/mol. The molecule has 0 aromatic carbocycles. The fourth-order valence-corrected chi connectivity index (χ4v) is 1.78. The number of carbonyl (C=O) groups excluding carboxylic acids is 1. The Kier molecular flexibility index (Phi) is 5.67. The van der Waals surface area contributed by atoms with Crippen LogP contribution in [0.5, 0.6) is 0 Å². The van der Waals surface area contributed by atoms with Gasteiger partial charge in [0.1, 0.15) is 12.2 Å². The Morgan fingerprint density at radius 1 is 1.61 bits per heavy atom. The van der Waals surface area contributed by atoms with Crippen LogP contribution in [0.4, 0.5) is 8.78 Å². The molecule has 0 aliphatic rings. The molecular formula is C10H14BrF2N3O2. The smallest absolute Gasteiger partial charge is 0.283 e. The number of methoxy groups -OCH3 is 1. The van der Waals surface area contributed by atoms with Gasteiger partial charge < -0.3 is 10.1 Å². The maximum atomic E-state index is 12.6. The highest BCUT2D eigenvalue weighted by Gasteiger charge is 2.20. The van der Waals surface area contributed by atoms with Gasteiger partial charge >= 0.3 is 0 Å². The fraction of sp³-hybridized carbons (Fsp3) is 0.600. The van der Waals surface area contributed by atoms with E-state index in [0.717, 1.165) is 0 Å². The Bertz CT molecular complexity index is 424. The highest BCUT2D eigenvalue weighted by molar-refractivity contribution is 9.10. The van der Waals surface area contributed by atoms with Crippen molar-refractivity contribution < 1.29 is 18.3 Å². The summed E-state index contributed by atoms with van der Waals surface area (Å²) in [6, 6.07) is 0. The molecule has 0 fully saturated rings. The predicted octanol–water partition coefficient (Wildman–Crippen LogP) is 1.65. The van der Waals surface area contributed by atoms with Crippen LogP contribution < -0.4 is 5.32 Å². The number of nitrogens with one attached hydrogen (secondary N) is 1. The number of amides is 1. The van der Waals surface area contributed by atoms with Gasteiger partial charge in [-0.2, -0.15) is 5.10 Å². The third kappa shape index (κ3) is 3.74. The van der Waals surface area contributed by atoms with Crippen LogP contribution in [0, 0.1) is 6.92 Å². The number of aromatic nitrogens is 2. The van der Waals surface area contributed by atoms with Crippen LogP contribution in [-0.2, 0) is 16.1 Å². The molecule has 1 N–H and O–H groups in total. The minimum Gasteiger partial charge on any atom is -0.383 e. The first kappa shape index (κ1) is 15.0. The van der Waals surface area contributed by atoms with Crippen molar-refractivity contribution in [3.05, 3.63) is 15.9 Å². The van der Waals surface area contributed by atoms with Crippen molar-refractivity contribution in [1.29, 1.82) is 0 Å². The minimum atomic E-state index is -2.67. The molecule has 0 unspecified atom stereocenters. The maximum absolute atomic E-state index is 12.6. The molecule has 5 nitrogen and oxygen atoms in total. The average molecular weight is 326 g/mol. The zero-order chi connectivity index (χ0) is 13.7. The average Bonchev–Trinajstić information content (AvgIpc) is 2.58. The Morgan fingerprint density at radius 2 is 2.28 bits per heavy atom. The lowest BCUT2D eigenvalue weighted by Crippen LogP contribution is -2.31. The number of hydrogen-bond donors (Lipinski definition) is 1. The van der Waals surface area contributed by atoms with Crippen molar-refractivity contribution in [3.63, 3.8) is 0 Å². The number of carbonyl (C=O) groups is 1. The van der Waals surface area contributed by atoms with E-state index in [4.69, 9.17) is 4.74 Å². The summed E-state index contributed by atoms with van der Waals surface area (Å²) in [6.07, 6.45) is -2.67. The number of nitrogens with zero attached hydrogens (tertiary/aromatic N) is 2. The molecule has 1 rings (SSSR count). The molecule has 0 aliphatic carbocycles. The van der Waals surface area contributed by atoms with E-state index in [0.29, 0.717) is 18.8 Å². The van der Waals surface area contributed by atoms with Gasteiger partial charge in [-0.05, 0) is 22.9 Å². The molecule has 0 saturated heterocycles. The zero-order valence-electron chi connectivity index (χ0n) is 10.0. The highest BCUT2D eigenvalue weighted by atomic mass is 79.9. The molecule has 0 saturated carbocycles. The molecule has 1 aromatic rings. The molecule has 1 aromatic heterocycles. The number of halogens is 3. The first-order valence-electron chi connectivity index (χ1n) is 5.24. The van der Waals surface area contributed by atoms with E-state index in [2.05, 4.69) is 26.3 Å². The van der Waals surface area contributed by atoms with E-state index in [1.807, 2.05) is 0 Å². The van der Waals surface area contributed by atoms with E-state index in [1.165, 1.54) is 11.8 Å². The van der Waals surface area contributed by atoms with Crippen molar-refractivity contribution >= 4 is 21.8 Å². The molecule has 1 amide bonds. The lowest BCUT2D eigenvalue weighted by molar-refractivity contribution is -0.122. The minimum absolute atomic E-state index is 0.0964. The summed E-state index contributed by atoms with van der Waals surface area (Å²) < 4.78 is 31.4. The second kappa shape index (κ2) is 6.79. The van der Waals surface area contributed by atoms with Gasteiger partial charge in [0.15, 0.2) is 0 Å². The van der Waals surface area contributed by atoms with Crippen LogP contribution in [0.2, 0.25) is 0 Å². The number of hydrogen-bond acceptors (Lipinski definition) is 3. The summed E-state index contributed by atoms with van der Waals surface area (Å²) in [4.78, 5) is 11.5. The molecule has 102 valence electrons. The third-order valence-corrected chi connectivity index (χ3v) is 3.27. The van der Waals surface area contributed by atoms with Crippen LogP contribution in [0.3, 0.4) is 0 Å². The Balaban J connectivity index is 2.67. The van der Waals surface area contributed by atoms with Crippen molar-refractivity contribution in [3.8, 4) is 0 Å². The van der Waals surface area contributed by atoms with E-state index < -0.39 is 6.43 Å². The topological polar surface area (TPSA) is 56.1 Å². The van der Waals surface area contributed by atoms with Gasteiger partial charge in [-0.3, -0.25) is 9.48 Å². The summed E-state index contributed by atoms with van der Waals surface area (Å²) >= 11 is 3.04. The van der Waals surface area contributed by atoms with Crippen molar-refractivity contribution in [1.82, 2.24) is 15.1 Å². The molecule has 0 bridgehead atoms. The SMILES string of the molecule is COCCNC(=O)Cn1nc(C(F)F)c(Br)c1C. The number of rotatable bonds is 6. The summed E-state index contributed by atoms with van der Waals surface area (Å²) in [5, 5.41) is 6.29. The molecule has 0 atom stereocenters. The van der Waals surface area contributed by atoms with E-state index in [1.54, 1.807) is 6.92 Å². The Labute approximate surface area is 112 Å². The van der Waals surface area contributed by atoms with Crippen molar-refractivity contribution in [2.24, 2.45) is 0 Å². The molecule has 18 heavy (non-hydrogen) atoms. The van der Waals surface area contributed by atoms with Gasteiger partial charge in [0, 0.05) is 13.7 Å². The summed E-state index contributed by atoms with van der Waals surface area (Å²) in [5.41, 5.74) is 0.143. The molecule has 0 spiro atoms. The van der Waals surface area contributed by atoms with Gasteiger partial charge in [-0.1, -0.05) is 0 Å². The number of ether oxygens (including phenoxy) is 1. The zero-order valence-corrected chi connectivity index (χ0v) is 11.6. The van der Waals surface area contributed by atoms with E-state index >= 15 is 0 Å². The Morgan fingerprint density at radius 3 is 2.78 bits per heavy atom. The second-order valence-corrected chi connectivity index (χ2v) is 4.38. The van der Waals surface area contributed by atoms with E-state index in [-0.39, 0.29) is 22.6 Å². The molecule has 8 heteroatoms. The van der Waals surface area contributed by atoms with Gasteiger partial charge in [0.2, 0.25) is 5.91 Å². The van der Waals surface area contributed by atoms with Gasteiger partial charge in [0.25, 0.3) is 6.43 Å². The number of alkyl halides is 2. The van der Waals surface area contributed by atoms with Crippen LogP contribution in [0.1, 0.15) is 17.8 Å². The van der Waals surface area contributed by atoms with Crippen molar-refractivity contribution in [2.45, 2.75) is 19.9 Å². The standard InChI is InChI=1S/C10H14BrF2N3O2/c1-6-8(11)9(10(12)13)15-16(6)5-7(17)14-3-4-18-2/h10H,3-5H2,1-2H3,(H,14,17). The van der Waals surface area contributed by atoms with Gasteiger partial charge in [-0.25, -0.2) is 8.78 Å². The highest BCUT2D eigenvalue weighted by Crippen LogP contribution is 2.28. The fourth-order valence-electron chi connectivity index (χ4n) is 1.33.